The number of hydrogen-bond acceptors (Lipinski definition) is 24. The minimum atomic E-state index is -1.94. The summed E-state index contributed by atoms with van der Waals surface area (Å²) in [4.78, 5) is 13.8. The van der Waals surface area contributed by atoms with Gasteiger partial charge in [-0.3, -0.25) is 0 Å². The number of carbonyl (C=O) groups is 1. The van der Waals surface area contributed by atoms with Gasteiger partial charge in [-0.2, -0.15) is 0 Å². The van der Waals surface area contributed by atoms with Crippen molar-refractivity contribution >= 4 is 5.97 Å². The van der Waals surface area contributed by atoms with Crippen molar-refractivity contribution in [3.05, 3.63) is 47.5 Å². The second-order valence-corrected chi connectivity index (χ2v) is 25.8. The Bertz CT molecular complexity index is 2400. The van der Waals surface area contributed by atoms with E-state index in [1.807, 2.05) is 19.9 Å². The molecule has 0 aromatic heterocycles. The van der Waals surface area contributed by atoms with E-state index in [1.165, 1.54) is 14.0 Å². The van der Waals surface area contributed by atoms with Crippen LogP contribution in [0.25, 0.3) is 0 Å². The topological polar surface area (TPSA) is 339 Å². The van der Waals surface area contributed by atoms with E-state index in [9.17, 15) is 55.9 Å². The quantitative estimate of drug-likeness (QED) is 0.0820. The standard InChI is InChI=1S/C60H92O24/c1-28-50(81-45-24-38(72-8)52(30(3)76-45)83-44-23-37(64)51(29(2)75-44)82-46-25-39(73-9)53(31(4)77-46)84-55-49(67)48(66)47(65)40(27-61)79-55)36(63)22-43(74-28)78-35-16-17-56(6)34(21-35)15-18-59(70)41(56)26-42(80-54(68)33-13-11-10-12-14-33)57(7)58(69,32(5)62)19-20-60(57,59)71/h10-15,28-32,35-53,55,61-67,69-71H,16-27H2,1-9H3/t28-,29-,30-,31-,32-,35+,36+,37-,38-,39-,40-,41-,42-,43+,44+,45+,46+,47-,48+,49-,50-,51-,52-,53-,55+,56+,57-,58-,59+,60-/m1/s1. The van der Waals surface area contributed by atoms with Gasteiger partial charge in [0.1, 0.15) is 71.7 Å². The first-order valence-electron chi connectivity index (χ1n) is 30.2. The number of fused-ring (bicyclic) bond motifs is 5. The Kier molecular flexibility index (Phi) is 19.3. The molecule has 5 saturated heterocycles. The number of rotatable bonds is 16. The molecule has 0 unspecified atom stereocenters. The van der Waals surface area contributed by atoms with Gasteiger partial charge >= 0.3 is 5.97 Å². The van der Waals surface area contributed by atoms with E-state index < -0.39 is 187 Å². The molecule has 476 valence electrons. The average Bonchev–Trinajstić information content (AvgIpc) is 1.35. The molecule has 4 aliphatic carbocycles. The van der Waals surface area contributed by atoms with Gasteiger partial charge < -0.3 is 113 Å². The van der Waals surface area contributed by atoms with Crippen LogP contribution in [0.2, 0.25) is 0 Å². The first kappa shape index (κ1) is 64.5. The van der Waals surface area contributed by atoms with Crippen molar-refractivity contribution in [1.82, 2.24) is 0 Å². The summed E-state index contributed by atoms with van der Waals surface area (Å²) in [5, 5.41) is 113. The molecule has 24 heteroatoms. The van der Waals surface area contributed by atoms with Crippen LogP contribution in [0.4, 0.5) is 0 Å². The molecular formula is C60H92O24. The van der Waals surface area contributed by atoms with Crippen LogP contribution in [0.1, 0.15) is 129 Å². The highest BCUT2D eigenvalue weighted by atomic mass is 16.8. The third-order valence-corrected chi connectivity index (χ3v) is 21.1. The van der Waals surface area contributed by atoms with Gasteiger partial charge in [-0.15, -0.1) is 0 Å². The molecule has 5 heterocycles. The summed E-state index contributed by atoms with van der Waals surface area (Å²) in [6.07, 6.45) is -17.9. The van der Waals surface area contributed by atoms with Gasteiger partial charge in [-0.25, -0.2) is 4.79 Å². The van der Waals surface area contributed by atoms with Crippen LogP contribution in [0, 0.1) is 16.7 Å². The summed E-state index contributed by atoms with van der Waals surface area (Å²) in [6.45, 7) is 11.6. The van der Waals surface area contributed by atoms with Crippen molar-refractivity contribution in [2.45, 2.75) is 283 Å². The molecule has 10 rings (SSSR count). The fourth-order valence-electron chi connectivity index (χ4n) is 16.1. The molecule has 1 aromatic rings. The highest BCUT2D eigenvalue weighted by Gasteiger charge is 2.81. The Hall–Kier alpha value is -2.45. The molecule has 3 saturated carbocycles. The average molecular weight is 1200 g/mol. The van der Waals surface area contributed by atoms with Crippen LogP contribution < -0.4 is 0 Å². The van der Waals surface area contributed by atoms with Crippen molar-refractivity contribution in [3.63, 3.8) is 0 Å². The lowest BCUT2D eigenvalue weighted by Gasteiger charge is -2.67. The predicted molar refractivity (Wildman–Crippen MR) is 290 cm³/mol. The second-order valence-electron chi connectivity index (χ2n) is 25.8. The van der Waals surface area contributed by atoms with Crippen LogP contribution >= 0.6 is 0 Å². The monoisotopic (exact) mass is 1200 g/mol. The Morgan fingerprint density at radius 3 is 1.71 bits per heavy atom. The van der Waals surface area contributed by atoms with E-state index in [0.717, 1.165) is 5.57 Å². The Morgan fingerprint density at radius 2 is 1.18 bits per heavy atom. The highest BCUT2D eigenvalue weighted by molar-refractivity contribution is 5.89. The molecular weight excluding hydrogens is 1100 g/mol. The summed E-state index contributed by atoms with van der Waals surface area (Å²) < 4.78 is 80.6. The van der Waals surface area contributed by atoms with Crippen molar-refractivity contribution in [3.8, 4) is 0 Å². The largest absolute Gasteiger partial charge is 0.458 e. The molecule has 0 spiro atoms. The minimum absolute atomic E-state index is 0.00838. The number of hydrogen-bond donors (Lipinski definition) is 10. The SMILES string of the molecule is CO[C@@H]1C[C@H](O[C@H]2[C@@H](O)C[C@H](O[C@H]3CC[C@@]4(C)C(=CC[C@]5(O)[C@@H]4C[C@@H](OC(=O)c4ccccc4)[C@@]4(C)[C@]5(O)CC[C@@]4(O)[C@@H](C)O)C3)O[C@@H]2C)O[C@H](C)[C@H]1O[C@H]1C[C@@H](O)[C@H](O[C@H]2C[C@@H](OC)[C@H](O[C@@H]3O[C@H](CO)[C@@H](O)[C@H](O)[C@H]3O)[C@@H](C)O2)[C@@H](C)O1. The molecule has 10 N–H and O–H groups in total. The highest BCUT2D eigenvalue weighted by Crippen LogP contribution is 2.71. The lowest BCUT2D eigenvalue weighted by atomic mass is 9.42. The van der Waals surface area contributed by atoms with Crippen LogP contribution in [-0.2, 0) is 61.6 Å². The molecule has 8 fully saturated rings. The Morgan fingerprint density at radius 1 is 0.655 bits per heavy atom. The third-order valence-electron chi connectivity index (χ3n) is 21.1. The van der Waals surface area contributed by atoms with Crippen LogP contribution in [-0.4, -0.2) is 242 Å². The molecule has 9 aliphatic rings. The van der Waals surface area contributed by atoms with E-state index in [2.05, 4.69) is 6.92 Å². The van der Waals surface area contributed by atoms with Gasteiger partial charge in [0.2, 0.25) is 0 Å². The fraction of sp³-hybridized carbons (Fsp3) is 0.850. The van der Waals surface area contributed by atoms with Gasteiger partial charge in [0.15, 0.2) is 31.5 Å². The van der Waals surface area contributed by atoms with E-state index in [0.29, 0.717) is 24.8 Å². The zero-order valence-corrected chi connectivity index (χ0v) is 49.6. The van der Waals surface area contributed by atoms with Crippen molar-refractivity contribution < 1.29 is 117 Å². The van der Waals surface area contributed by atoms with Gasteiger partial charge in [-0.1, -0.05) is 43.7 Å². The molecule has 0 radical (unpaired) electrons. The minimum Gasteiger partial charge on any atom is -0.458 e. The molecule has 30 atom stereocenters. The summed E-state index contributed by atoms with van der Waals surface area (Å²) in [5.41, 5.74) is -6.49. The maximum atomic E-state index is 13.8. The smallest absolute Gasteiger partial charge is 0.338 e. The Labute approximate surface area is 490 Å². The predicted octanol–water partition coefficient (Wildman–Crippen LogP) is 1.14. The van der Waals surface area contributed by atoms with Crippen LogP contribution in [0.15, 0.2) is 42.0 Å². The molecule has 0 amide bonds. The zero-order valence-electron chi connectivity index (χ0n) is 49.6. The zero-order chi connectivity index (χ0) is 60.6. The number of carbonyl (C=O) groups excluding carboxylic acids is 1. The lowest BCUT2D eigenvalue weighted by molar-refractivity contribution is -0.358. The number of methoxy groups -OCH3 is 2. The molecule has 0 bridgehead atoms. The summed E-state index contributed by atoms with van der Waals surface area (Å²) >= 11 is 0. The maximum Gasteiger partial charge on any atom is 0.338 e. The molecule has 5 aliphatic heterocycles. The summed E-state index contributed by atoms with van der Waals surface area (Å²) in [7, 11) is 3.03. The number of benzene rings is 1. The maximum absolute atomic E-state index is 13.8. The van der Waals surface area contributed by atoms with Crippen LogP contribution in [0.5, 0.6) is 0 Å². The fourth-order valence-corrected chi connectivity index (χ4v) is 16.1. The van der Waals surface area contributed by atoms with Gasteiger partial charge in [0.25, 0.3) is 0 Å². The number of aliphatic hydroxyl groups excluding tert-OH is 7. The summed E-state index contributed by atoms with van der Waals surface area (Å²) in [6, 6.07) is 8.50. The van der Waals surface area contributed by atoms with E-state index in [1.54, 1.807) is 58.2 Å². The first-order valence-corrected chi connectivity index (χ1v) is 30.2. The van der Waals surface area contributed by atoms with Crippen molar-refractivity contribution in [2.75, 3.05) is 20.8 Å². The van der Waals surface area contributed by atoms with E-state index >= 15 is 0 Å². The molecule has 24 nitrogen and oxygen atoms in total. The first-order chi connectivity index (χ1) is 39.7. The molecule has 1 aromatic carbocycles. The van der Waals surface area contributed by atoms with Crippen LogP contribution in [0.3, 0.4) is 0 Å². The Balaban J connectivity index is 0.707. The third kappa shape index (κ3) is 11.4. The number of ether oxygens (including phenoxy) is 13. The van der Waals surface area contributed by atoms with E-state index in [4.69, 9.17) is 61.6 Å². The van der Waals surface area contributed by atoms with Gasteiger partial charge in [-0.05, 0) is 97.1 Å². The molecule has 84 heavy (non-hydrogen) atoms. The van der Waals surface area contributed by atoms with Crippen molar-refractivity contribution in [1.29, 1.82) is 0 Å². The number of aliphatic hydroxyl groups is 10. The van der Waals surface area contributed by atoms with E-state index in [-0.39, 0.29) is 57.5 Å². The normalized spacial score (nSPS) is 51.0. The van der Waals surface area contributed by atoms with Crippen molar-refractivity contribution in [2.24, 2.45) is 16.7 Å². The second kappa shape index (κ2) is 25.1. The lowest BCUT2D eigenvalue weighted by Crippen LogP contribution is -2.78. The number of esters is 1. The van der Waals surface area contributed by atoms with Gasteiger partial charge in [0, 0.05) is 45.8 Å². The van der Waals surface area contributed by atoms with Gasteiger partial charge in [0.05, 0.1) is 78.6 Å². The summed E-state index contributed by atoms with van der Waals surface area (Å²) in [5.74, 6) is -1.22.